The van der Waals surface area contributed by atoms with Crippen molar-refractivity contribution in [1.82, 2.24) is 0 Å². The number of nitrogen functional groups attached to an aromatic ring is 1. The van der Waals surface area contributed by atoms with Crippen molar-refractivity contribution in [2.45, 2.75) is 6.92 Å². The van der Waals surface area contributed by atoms with Crippen molar-refractivity contribution in [3.8, 4) is 11.1 Å². The summed E-state index contributed by atoms with van der Waals surface area (Å²) in [7, 11) is 0. The minimum absolute atomic E-state index is 0.0295. The monoisotopic (exact) mass is 192 g/mol. The molecular weight excluding hydrogens is 184 g/mol. The second kappa shape index (κ2) is 2.73. The highest BCUT2D eigenvalue weighted by molar-refractivity contribution is 5.91. The third kappa shape index (κ3) is 0.953. The highest BCUT2D eigenvalue weighted by Crippen LogP contribution is 2.43. The maximum absolute atomic E-state index is 10.8. The van der Waals surface area contributed by atoms with E-state index in [1.807, 2.05) is 0 Å². The fourth-order valence-electron chi connectivity index (χ4n) is 1.55. The normalized spacial score (nSPS) is 10.6. The molecular formula is C9H8N2O3. The Morgan fingerprint density at radius 3 is 2.86 bits per heavy atom. The summed E-state index contributed by atoms with van der Waals surface area (Å²) in [4.78, 5) is 10.3. The van der Waals surface area contributed by atoms with Crippen LogP contribution in [0.3, 0.4) is 0 Å². The van der Waals surface area contributed by atoms with Crippen LogP contribution in [0.5, 0.6) is 0 Å². The van der Waals surface area contributed by atoms with Crippen molar-refractivity contribution >= 4 is 11.4 Å². The zero-order valence-corrected chi connectivity index (χ0v) is 7.48. The molecule has 1 heterocycles. The van der Waals surface area contributed by atoms with Crippen LogP contribution < -0.4 is 5.73 Å². The van der Waals surface area contributed by atoms with Gasteiger partial charge in [-0.2, -0.15) is 0 Å². The van der Waals surface area contributed by atoms with Crippen molar-refractivity contribution in [3.05, 3.63) is 34.3 Å². The number of rotatable bonds is 1. The number of hydrogen-bond acceptors (Lipinski definition) is 4. The van der Waals surface area contributed by atoms with E-state index in [1.54, 1.807) is 13.0 Å². The zero-order valence-electron chi connectivity index (χ0n) is 7.48. The Morgan fingerprint density at radius 2 is 2.21 bits per heavy atom. The van der Waals surface area contributed by atoms with Gasteiger partial charge < -0.3 is 10.2 Å². The number of nitro groups is 1. The van der Waals surface area contributed by atoms with Crippen LogP contribution in [-0.2, 0) is 0 Å². The lowest BCUT2D eigenvalue weighted by atomic mass is 10.2. The summed E-state index contributed by atoms with van der Waals surface area (Å²) in [5.41, 5.74) is 7.82. The predicted octanol–water partition coefficient (Wildman–Crippen LogP) is 2.18. The first-order valence-electron chi connectivity index (χ1n) is 4.01. The van der Waals surface area contributed by atoms with Gasteiger partial charge in [0, 0.05) is 11.3 Å². The minimum atomic E-state index is -0.441. The molecule has 0 bridgehead atoms. The van der Waals surface area contributed by atoms with Crippen LogP contribution in [0.15, 0.2) is 23.0 Å². The topological polar surface area (TPSA) is 82.3 Å². The smallest absolute Gasteiger partial charge is 0.285 e. The number of hydrogen-bond donors (Lipinski definition) is 1. The average molecular weight is 192 g/mol. The molecule has 0 amide bonds. The van der Waals surface area contributed by atoms with Crippen molar-refractivity contribution in [2.75, 3.05) is 5.73 Å². The van der Waals surface area contributed by atoms with E-state index in [0.717, 1.165) is 0 Å². The molecule has 0 saturated carbocycles. The summed E-state index contributed by atoms with van der Waals surface area (Å²) in [6.45, 7) is 1.63. The lowest BCUT2D eigenvalue weighted by Crippen LogP contribution is -1.89. The van der Waals surface area contributed by atoms with E-state index in [2.05, 4.69) is 0 Å². The predicted molar refractivity (Wildman–Crippen MR) is 51.1 cm³/mol. The zero-order chi connectivity index (χ0) is 10.3. The molecule has 1 aliphatic carbocycles. The van der Waals surface area contributed by atoms with Crippen LogP contribution in [0.2, 0.25) is 0 Å². The second-order valence-corrected chi connectivity index (χ2v) is 3.03. The molecule has 1 aliphatic heterocycles. The van der Waals surface area contributed by atoms with Crippen LogP contribution in [0.25, 0.3) is 11.1 Å². The maximum Gasteiger partial charge on any atom is 0.285 e. The Bertz CT molecular complexity index is 475. The molecule has 0 aromatic carbocycles. The number of fused-ring (bicyclic) bond motifs is 1. The lowest BCUT2D eigenvalue weighted by Gasteiger charge is -1.95. The molecule has 2 N–H and O–H groups in total. The number of nitrogens with zero attached hydrogens (tertiary/aromatic N) is 1. The Kier molecular flexibility index (Phi) is 1.67. The molecule has 2 aliphatic rings. The van der Waals surface area contributed by atoms with Gasteiger partial charge >= 0.3 is 0 Å². The molecule has 0 radical (unpaired) electrons. The van der Waals surface area contributed by atoms with E-state index in [4.69, 9.17) is 10.2 Å². The lowest BCUT2D eigenvalue weighted by molar-refractivity contribution is -0.384. The molecule has 2 rings (SSSR count). The van der Waals surface area contributed by atoms with Crippen LogP contribution in [0.1, 0.15) is 5.56 Å². The Labute approximate surface area is 79.6 Å². The molecule has 5 nitrogen and oxygen atoms in total. The first-order valence-corrected chi connectivity index (χ1v) is 4.01. The van der Waals surface area contributed by atoms with Crippen LogP contribution in [0.4, 0.5) is 11.4 Å². The molecule has 14 heavy (non-hydrogen) atoms. The summed E-state index contributed by atoms with van der Waals surface area (Å²) in [5.74, 6) is 0. The van der Waals surface area contributed by atoms with E-state index >= 15 is 0 Å². The summed E-state index contributed by atoms with van der Waals surface area (Å²) < 4.78 is 4.89. The van der Waals surface area contributed by atoms with Gasteiger partial charge in [0.1, 0.15) is 6.26 Å². The minimum Gasteiger partial charge on any atom is -0.472 e. The van der Waals surface area contributed by atoms with E-state index in [9.17, 15) is 10.1 Å². The molecule has 5 heteroatoms. The third-order valence-corrected chi connectivity index (χ3v) is 2.28. The summed E-state index contributed by atoms with van der Waals surface area (Å²) in [6.07, 6.45) is 2.79. The highest BCUT2D eigenvalue weighted by atomic mass is 16.6. The number of nitrogens with two attached hydrogens (primary N) is 1. The van der Waals surface area contributed by atoms with Gasteiger partial charge in [-0.25, -0.2) is 0 Å². The van der Waals surface area contributed by atoms with E-state index in [-0.39, 0.29) is 5.69 Å². The number of anilines is 1. The van der Waals surface area contributed by atoms with Gasteiger partial charge in [0.25, 0.3) is 5.69 Å². The first-order chi connectivity index (χ1) is 6.63. The molecule has 0 atom stereocenters. The van der Waals surface area contributed by atoms with E-state index in [0.29, 0.717) is 22.4 Å². The van der Waals surface area contributed by atoms with Gasteiger partial charge in [-0.3, -0.25) is 10.1 Å². The van der Waals surface area contributed by atoms with Gasteiger partial charge in [-0.15, -0.1) is 0 Å². The molecule has 0 spiro atoms. The molecule has 0 aromatic rings. The molecule has 0 aromatic heterocycles. The van der Waals surface area contributed by atoms with Crippen molar-refractivity contribution < 1.29 is 9.34 Å². The fourth-order valence-corrected chi connectivity index (χ4v) is 1.55. The van der Waals surface area contributed by atoms with Crippen LogP contribution in [0, 0.1) is 17.0 Å². The highest BCUT2D eigenvalue weighted by Gasteiger charge is 2.27. The SMILES string of the molecule is Cc1c(N)c2ccocc-2c1[N+](=O)[O-]. The van der Waals surface area contributed by atoms with Gasteiger partial charge in [0.05, 0.1) is 22.3 Å². The quantitative estimate of drug-likeness (QED) is 0.554. The van der Waals surface area contributed by atoms with Gasteiger partial charge in [0.15, 0.2) is 0 Å². The molecule has 0 fully saturated rings. The average Bonchev–Trinajstić information content (AvgIpc) is 2.41. The second-order valence-electron chi connectivity index (χ2n) is 3.03. The Morgan fingerprint density at radius 1 is 1.50 bits per heavy atom. The first kappa shape index (κ1) is 8.55. The van der Waals surface area contributed by atoms with Gasteiger partial charge in [0.2, 0.25) is 0 Å². The van der Waals surface area contributed by atoms with E-state index in [1.165, 1.54) is 12.5 Å². The summed E-state index contributed by atoms with van der Waals surface area (Å²) in [5, 5.41) is 10.8. The van der Waals surface area contributed by atoms with Crippen LogP contribution in [-0.4, -0.2) is 4.92 Å². The van der Waals surface area contributed by atoms with Crippen molar-refractivity contribution in [1.29, 1.82) is 0 Å². The fraction of sp³-hybridized carbons (Fsp3) is 0.111. The van der Waals surface area contributed by atoms with Gasteiger partial charge in [-0.05, 0) is 13.0 Å². The van der Waals surface area contributed by atoms with E-state index < -0.39 is 4.92 Å². The molecule has 0 saturated heterocycles. The maximum atomic E-state index is 10.8. The van der Waals surface area contributed by atoms with Gasteiger partial charge in [-0.1, -0.05) is 0 Å². The molecule has 72 valence electrons. The Hall–Kier alpha value is -2.04. The van der Waals surface area contributed by atoms with Crippen molar-refractivity contribution in [2.24, 2.45) is 0 Å². The largest absolute Gasteiger partial charge is 0.472 e. The van der Waals surface area contributed by atoms with Crippen LogP contribution >= 0.6 is 0 Å². The third-order valence-electron chi connectivity index (χ3n) is 2.28. The molecule has 0 unspecified atom stereocenters. The standard InChI is InChI=1S/C9H8N2O3/c1-5-8(10)6-2-3-14-4-7(6)9(5)11(12)13/h2-4H,10H2,1H3. The van der Waals surface area contributed by atoms with Crippen molar-refractivity contribution in [3.63, 3.8) is 0 Å². The Balaban J connectivity index is 2.85. The summed E-state index contributed by atoms with van der Waals surface area (Å²) >= 11 is 0. The summed E-state index contributed by atoms with van der Waals surface area (Å²) in [6, 6.07) is 1.63.